The van der Waals surface area contributed by atoms with Gasteiger partial charge in [0.2, 0.25) is 15.9 Å². The molecule has 1 aliphatic rings. The average molecular weight is 426 g/mol. The van der Waals surface area contributed by atoms with Crippen LogP contribution in [0.4, 0.5) is 10.1 Å². The molecule has 0 spiro atoms. The Balaban J connectivity index is 1.61. The van der Waals surface area contributed by atoms with E-state index in [1.165, 1.54) is 29.4 Å². The lowest BCUT2D eigenvalue weighted by molar-refractivity contribution is -0.114. The topological polar surface area (TPSA) is 69.7 Å². The van der Waals surface area contributed by atoms with Gasteiger partial charge >= 0.3 is 0 Å². The molecule has 6 nitrogen and oxygen atoms in total. The summed E-state index contributed by atoms with van der Waals surface area (Å²) in [6.07, 6.45) is 0. The zero-order valence-electron chi connectivity index (χ0n) is 15.4. The second-order valence-electron chi connectivity index (χ2n) is 6.63. The molecular formula is C19H21ClFN3O3S. The first-order chi connectivity index (χ1) is 13.3. The molecular weight excluding hydrogens is 405 g/mol. The molecule has 0 aliphatic carbocycles. The molecule has 150 valence electrons. The van der Waals surface area contributed by atoms with E-state index in [4.69, 9.17) is 11.6 Å². The van der Waals surface area contributed by atoms with Crippen molar-refractivity contribution in [1.82, 2.24) is 9.21 Å². The maximum atomic E-state index is 13.3. The van der Waals surface area contributed by atoms with Gasteiger partial charge in [0.15, 0.2) is 0 Å². The molecule has 1 amide bonds. The fourth-order valence-corrected chi connectivity index (χ4v) is 4.71. The highest BCUT2D eigenvalue weighted by atomic mass is 35.5. The number of amides is 1. The number of anilines is 1. The normalized spacial score (nSPS) is 16.1. The average Bonchev–Trinajstić information content (AvgIpc) is 2.65. The number of halogens is 2. The summed E-state index contributed by atoms with van der Waals surface area (Å²) in [4.78, 5) is 13.4. The quantitative estimate of drug-likeness (QED) is 0.799. The van der Waals surface area contributed by atoms with Gasteiger partial charge in [0.25, 0.3) is 0 Å². The van der Waals surface area contributed by atoms with E-state index in [1.807, 2.05) is 0 Å². The zero-order chi connectivity index (χ0) is 20.3. The van der Waals surface area contributed by atoms with Crippen molar-refractivity contribution in [2.24, 2.45) is 0 Å². The predicted molar refractivity (Wildman–Crippen MR) is 106 cm³/mol. The Kier molecular flexibility index (Phi) is 6.34. The van der Waals surface area contributed by atoms with Crippen LogP contribution in [0.25, 0.3) is 0 Å². The third-order valence-corrected chi connectivity index (χ3v) is 6.74. The zero-order valence-corrected chi connectivity index (χ0v) is 16.9. The van der Waals surface area contributed by atoms with Gasteiger partial charge in [-0.15, -0.1) is 0 Å². The first kappa shape index (κ1) is 20.7. The lowest BCUT2D eigenvalue weighted by atomic mass is 10.2. The van der Waals surface area contributed by atoms with Crippen molar-refractivity contribution >= 4 is 33.2 Å². The van der Waals surface area contributed by atoms with E-state index in [-0.39, 0.29) is 15.8 Å². The van der Waals surface area contributed by atoms with Crippen molar-refractivity contribution in [3.05, 3.63) is 58.9 Å². The second kappa shape index (κ2) is 8.57. The summed E-state index contributed by atoms with van der Waals surface area (Å²) in [6.45, 7) is 3.84. The summed E-state index contributed by atoms with van der Waals surface area (Å²) in [5.41, 5.74) is 1.44. The van der Waals surface area contributed by atoms with Gasteiger partial charge in [-0.25, -0.2) is 12.8 Å². The fourth-order valence-electron chi connectivity index (χ4n) is 3.09. The summed E-state index contributed by atoms with van der Waals surface area (Å²) in [6, 6.07) is 10.7. The minimum absolute atomic E-state index is 0.0847. The van der Waals surface area contributed by atoms with Crippen LogP contribution in [0.1, 0.15) is 12.5 Å². The molecule has 2 aromatic rings. The van der Waals surface area contributed by atoms with Gasteiger partial charge in [-0.05, 0) is 42.0 Å². The van der Waals surface area contributed by atoms with Crippen molar-refractivity contribution in [3.63, 3.8) is 0 Å². The van der Waals surface area contributed by atoms with Crippen LogP contribution in [0.3, 0.4) is 0 Å². The lowest BCUT2D eigenvalue weighted by Crippen LogP contribution is -2.48. The SMILES string of the molecule is CC(=O)Nc1ccc(S(=O)(=O)N2CCN(Cc3ccc(F)c(Cl)c3)CC2)cc1. The molecule has 0 radical (unpaired) electrons. The first-order valence-corrected chi connectivity index (χ1v) is 10.6. The number of rotatable bonds is 5. The molecule has 28 heavy (non-hydrogen) atoms. The number of hydrogen-bond donors (Lipinski definition) is 1. The number of hydrogen-bond acceptors (Lipinski definition) is 4. The number of nitrogens with zero attached hydrogens (tertiary/aromatic N) is 2. The molecule has 0 bridgehead atoms. The van der Waals surface area contributed by atoms with Gasteiger partial charge in [-0.3, -0.25) is 9.69 Å². The van der Waals surface area contributed by atoms with E-state index in [0.717, 1.165) is 5.56 Å². The Morgan fingerprint density at radius 3 is 2.32 bits per heavy atom. The Morgan fingerprint density at radius 2 is 1.75 bits per heavy atom. The molecule has 1 saturated heterocycles. The van der Waals surface area contributed by atoms with Gasteiger partial charge in [0.1, 0.15) is 5.82 Å². The minimum Gasteiger partial charge on any atom is -0.326 e. The molecule has 2 aromatic carbocycles. The van der Waals surface area contributed by atoms with Crippen LogP contribution >= 0.6 is 11.6 Å². The first-order valence-electron chi connectivity index (χ1n) is 8.80. The van der Waals surface area contributed by atoms with E-state index in [0.29, 0.717) is 38.4 Å². The molecule has 0 aromatic heterocycles. The second-order valence-corrected chi connectivity index (χ2v) is 8.98. The van der Waals surface area contributed by atoms with E-state index < -0.39 is 15.8 Å². The standard InChI is InChI=1S/C19H21ClFN3O3S/c1-14(25)22-16-3-5-17(6-4-16)28(26,27)24-10-8-23(9-11-24)13-15-2-7-19(21)18(20)12-15/h2-7,12H,8-11,13H2,1H3,(H,22,25). The van der Waals surface area contributed by atoms with Crippen LogP contribution in [0, 0.1) is 5.82 Å². The van der Waals surface area contributed by atoms with E-state index in [2.05, 4.69) is 10.2 Å². The van der Waals surface area contributed by atoms with Crippen LogP contribution in [0.15, 0.2) is 47.4 Å². The highest BCUT2D eigenvalue weighted by Gasteiger charge is 2.28. The lowest BCUT2D eigenvalue weighted by Gasteiger charge is -2.34. The number of carbonyl (C=O) groups excluding carboxylic acids is 1. The fraction of sp³-hybridized carbons (Fsp3) is 0.316. The largest absolute Gasteiger partial charge is 0.326 e. The summed E-state index contributed by atoms with van der Waals surface area (Å²) in [7, 11) is -3.59. The molecule has 0 saturated carbocycles. The van der Waals surface area contributed by atoms with Crippen LogP contribution in [-0.2, 0) is 21.4 Å². The third-order valence-electron chi connectivity index (χ3n) is 4.53. The molecule has 0 unspecified atom stereocenters. The van der Waals surface area contributed by atoms with Crippen LogP contribution < -0.4 is 5.32 Å². The van der Waals surface area contributed by atoms with Gasteiger partial charge in [0, 0.05) is 45.3 Å². The highest BCUT2D eigenvalue weighted by molar-refractivity contribution is 7.89. The van der Waals surface area contributed by atoms with Crippen LogP contribution in [0.5, 0.6) is 0 Å². The Bertz CT molecular complexity index is 959. The maximum Gasteiger partial charge on any atom is 0.243 e. The Labute approximate surface area is 168 Å². The van der Waals surface area contributed by atoms with Gasteiger partial charge in [0.05, 0.1) is 9.92 Å². The van der Waals surface area contributed by atoms with Crippen molar-refractivity contribution in [2.75, 3.05) is 31.5 Å². The number of nitrogens with one attached hydrogen (secondary N) is 1. The molecule has 9 heteroatoms. The summed E-state index contributed by atoms with van der Waals surface area (Å²) < 4.78 is 40.4. The minimum atomic E-state index is -3.59. The predicted octanol–water partition coefficient (Wildman–Crippen LogP) is 2.94. The van der Waals surface area contributed by atoms with Gasteiger partial charge < -0.3 is 5.32 Å². The van der Waals surface area contributed by atoms with Crippen LogP contribution in [-0.4, -0.2) is 49.7 Å². The number of sulfonamides is 1. The van der Waals surface area contributed by atoms with Gasteiger partial charge in [-0.1, -0.05) is 17.7 Å². The number of piperazine rings is 1. The molecule has 3 rings (SSSR count). The van der Waals surface area contributed by atoms with E-state index in [9.17, 15) is 17.6 Å². The van der Waals surface area contributed by atoms with Crippen molar-refractivity contribution in [2.45, 2.75) is 18.4 Å². The molecule has 1 aliphatic heterocycles. The maximum absolute atomic E-state index is 13.3. The third kappa shape index (κ3) is 4.88. The molecule has 0 atom stereocenters. The highest BCUT2D eigenvalue weighted by Crippen LogP contribution is 2.21. The summed E-state index contributed by atoms with van der Waals surface area (Å²) >= 11 is 5.82. The molecule has 1 heterocycles. The molecule has 1 N–H and O–H groups in total. The van der Waals surface area contributed by atoms with Crippen molar-refractivity contribution in [1.29, 1.82) is 0 Å². The van der Waals surface area contributed by atoms with E-state index >= 15 is 0 Å². The van der Waals surface area contributed by atoms with Crippen molar-refractivity contribution in [3.8, 4) is 0 Å². The smallest absolute Gasteiger partial charge is 0.243 e. The Morgan fingerprint density at radius 1 is 1.11 bits per heavy atom. The van der Waals surface area contributed by atoms with E-state index in [1.54, 1.807) is 24.3 Å². The van der Waals surface area contributed by atoms with Gasteiger partial charge in [-0.2, -0.15) is 4.31 Å². The summed E-state index contributed by atoms with van der Waals surface area (Å²) in [5, 5.41) is 2.70. The Hall–Kier alpha value is -2.00. The summed E-state index contributed by atoms with van der Waals surface area (Å²) in [5.74, 6) is -0.667. The monoisotopic (exact) mass is 425 g/mol. The number of carbonyl (C=O) groups is 1. The molecule has 1 fully saturated rings. The van der Waals surface area contributed by atoms with Crippen LogP contribution in [0.2, 0.25) is 5.02 Å². The van der Waals surface area contributed by atoms with Crippen molar-refractivity contribution < 1.29 is 17.6 Å². The number of benzene rings is 2.